The molecule has 0 saturated heterocycles. The molecule has 0 heterocycles. The molecule has 4 aromatic carbocycles. The average molecular weight is 471 g/mol. The fourth-order valence-corrected chi connectivity index (χ4v) is 4.60. The van der Waals surface area contributed by atoms with Gasteiger partial charge < -0.3 is 15.4 Å². The van der Waals surface area contributed by atoms with Crippen LogP contribution in [0.15, 0.2) is 95.9 Å². The topological polar surface area (TPSA) is 67.4 Å². The molecule has 5 nitrogen and oxygen atoms in total. The lowest BCUT2D eigenvalue weighted by atomic mass is 10.1. The van der Waals surface area contributed by atoms with E-state index in [1.807, 2.05) is 91.9 Å². The summed E-state index contributed by atoms with van der Waals surface area (Å²) in [5, 5.41) is 7.76. The van der Waals surface area contributed by atoms with E-state index < -0.39 is 0 Å². The van der Waals surface area contributed by atoms with E-state index in [4.69, 9.17) is 4.74 Å². The Kier molecular flexibility index (Phi) is 7.50. The fourth-order valence-electron chi connectivity index (χ4n) is 3.59. The van der Waals surface area contributed by atoms with E-state index in [0.717, 1.165) is 15.7 Å². The van der Waals surface area contributed by atoms with Crippen molar-refractivity contribution in [3.8, 4) is 5.75 Å². The molecule has 0 saturated carbocycles. The van der Waals surface area contributed by atoms with E-state index in [1.54, 1.807) is 13.2 Å². The van der Waals surface area contributed by atoms with Gasteiger partial charge in [-0.05, 0) is 59.7 Å². The second kappa shape index (κ2) is 10.9. The highest BCUT2D eigenvalue weighted by atomic mass is 32.2. The SMILES string of the molecule is CCC(Sc1cccc(NC(=O)c2ccc3ccccc3c2)c1)C(=O)Nc1cccc(OC)c1. The molecule has 0 fully saturated rings. The van der Waals surface area contributed by atoms with E-state index in [9.17, 15) is 9.59 Å². The Morgan fingerprint density at radius 1 is 0.824 bits per heavy atom. The third kappa shape index (κ3) is 5.77. The maximum atomic E-state index is 12.9. The summed E-state index contributed by atoms with van der Waals surface area (Å²) in [5.74, 6) is 0.440. The molecule has 0 aromatic heterocycles. The first-order valence-electron chi connectivity index (χ1n) is 11.1. The molecular formula is C28H26N2O3S. The molecule has 0 aliphatic carbocycles. The van der Waals surface area contributed by atoms with Gasteiger partial charge in [0.1, 0.15) is 5.75 Å². The van der Waals surface area contributed by atoms with Crippen molar-refractivity contribution in [2.75, 3.05) is 17.7 Å². The lowest BCUT2D eigenvalue weighted by Crippen LogP contribution is -2.24. The second-order valence-corrected chi connectivity index (χ2v) is 9.06. The third-order valence-corrected chi connectivity index (χ3v) is 6.74. The molecule has 34 heavy (non-hydrogen) atoms. The van der Waals surface area contributed by atoms with Gasteiger partial charge >= 0.3 is 0 Å². The minimum absolute atomic E-state index is 0.0774. The minimum atomic E-state index is -0.280. The molecule has 1 atom stereocenters. The number of carbonyl (C=O) groups is 2. The number of methoxy groups -OCH3 is 1. The number of rotatable bonds is 8. The van der Waals surface area contributed by atoms with Gasteiger partial charge in [0.15, 0.2) is 0 Å². The Balaban J connectivity index is 1.43. The maximum Gasteiger partial charge on any atom is 0.255 e. The Bertz CT molecular complexity index is 1320. The van der Waals surface area contributed by atoms with Crippen LogP contribution in [-0.4, -0.2) is 24.2 Å². The first-order valence-corrected chi connectivity index (χ1v) is 12.0. The zero-order chi connectivity index (χ0) is 23.9. The van der Waals surface area contributed by atoms with Crippen LogP contribution >= 0.6 is 11.8 Å². The van der Waals surface area contributed by atoms with Crippen molar-refractivity contribution in [2.24, 2.45) is 0 Å². The van der Waals surface area contributed by atoms with Crippen molar-refractivity contribution >= 4 is 45.7 Å². The van der Waals surface area contributed by atoms with E-state index in [1.165, 1.54) is 11.8 Å². The summed E-state index contributed by atoms with van der Waals surface area (Å²) >= 11 is 1.47. The Hall–Kier alpha value is -3.77. The molecule has 2 amide bonds. The normalized spacial score (nSPS) is 11.6. The molecule has 172 valence electrons. The number of benzene rings is 4. The molecule has 0 aliphatic rings. The number of ether oxygens (including phenoxy) is 1. The standard InChI is InChI=1S/C28H26N2O3S/c1-3-26(28(32)30-22-10-6-12-24(17-22)33-2)34-25-13-7-11-23(18-25)29-27(31)21-15-14-19-8-4-5-9-20(19)16-21/h4-18,26H,3H2,1-2H3,(H,29,31)(H,30,32). The van der Waals surface area contributed by atoms with Crippen LogP contribution in [0.2, 0.25) is 0 Å². The van der Waals surface area contributed by atoms with Crippen molar-refractivity contribution < 1.29 is 14.3 Å². The first kappa shape index (κ1) is 23.4. The Morgan fingerprint density at radius 2 is 1.56 bits per heavy atom. The van der Waals surface area contributed by atoms with Gasteiger partial charge in [0.2, 0.25) is 5.91 Å². The third-order valence-electron chi connectivity index (χ3n) is 5.38. The molecule has 2 N–H and O–H groups in total. The van der Waals surface area contributed by atoms with Gasteiger partial charge in [-0.1, -0.05) is 49.4 Å². The van der Waals surface area contributed by atoms with Gasteiger partial charge in [-0.3, -0.25) is 9.59 Å². The lowest BCUT2D eigenvalue weighted by Gasteiger charge is -2.16. The smallest absolute Gasteiger partial charge is 0.255 e. The van der Waals surface area contributed by atoms with Crippen LogP contribution < -0.4 is 15.4 Å². The number of hydrogen-bond donors (Lipinski definition) is 2. The monoisotopic (exact) mass is 470 g/mol. The van der Waals surface area contributed by atoms with Crippen LogP contribution in [0.5, 0.6) is 5.75 Å². The van der Waals surface area contributed by atoms with E-state index in [0.29, 0.717) is 29.1 Å². The molecule has 6 heteroatoms. The van der Waals surface area contributed by atoms with Crippen molar-refractivity contribution in [3.63, 3.8) is 0 Å². The highest BCUT2D eigenvalue weighted by Gasteiger charge is 2.19. The van der Waals surface area contributed by atoms with E-state index in [-0.39, 0.29) is 17.1 Å². The van der Waals surface area contributed by atoms with Crippen LogP contribution in [-0.2, 0) is 4.79 Å². The van der Waals surface area contributed by atoms with E-state index in [2.05, 4.69) is 10.6 Å². The van der Waals surface area contributed by atoms with Crippen LogP contribution in [0, 0.1) is 0 Å². The van der Waals surface area contributed by atoms with Crippen molar-refractivity contribution in [3.05, 3.63) is 96.6 Å². The van der Waals surface area contributed by atoms with Crippen LogP contribution in [0.3, 0.4) is 0 Å². The highest BCUT2D eigenvalue weighted by molar-refractivity contribution is 8.00. The predicted molar refractivity (Wildman–Crippen MR) is 140 cm³/mol. The van der Waals surface area contributed by atoms with Crippen molar-refractivity contribution in [1.82, 2.24) is 0 Å². The fraction of sp³-hybridized carbons (Fsp3) is 0.143. The molecule has 1 unspecified atom stereocenters. The number of fused-ring (bicyclic) bond motifs is 1. The largest absolute Gasteiger partial charge is 0.497 e. The quantitative estimate of drug-likeness (QED) is 0.284. The first-order chi connectivity index (χ1) is 16.6. The number of anilines is 2. The van der Waals surface area contributed by atoms with Crippen LogP contribution in [0.1, 0.15) is 23.7 Å². The second-order valence-electron chi connectivity index (χ2n) is 7.78. The lowest BCUT2D eigenvalue weighted by molar-refractivity contribution is -0.115. The predicted octanol–water partition coefficient (Wildman–Crippen LogP) is 6.61. The number of nitrogens with one attached hydrogen (secondary N) is 2. The summed E-state index contributed by atoms with van der Waals surface area (Å²) in [4.78, 5) is 26.6. The van der Waals surface area contributed by atoms with Crippen LogP contribution in [0.4, 0.5) is 11.4 Å². The number of carbonyl (C=O) groups excluding carboxylic acids is 2. The summed E-state index contributed by atoms with van der Waals surface area (Å²) in [7, 11) is 1.59. The summed E-state index contributed by atoms with van der Waals surface area (Å²) in [5.41, 5.74) is 1.98. The van der Waals surface area contributed by atoms with Gasteiger partial charge in [0.25, 0.3) is 5.91 Å². The Morgan fingerprint density at radius 3 is 2.32 bits per heavy atom. The molecule has 0 bridgehead atoms. The molecule has 0 radical (unpaired) electrons. The summed E-state index contributed by atoms with van der Waals surface area (Å²) < 4.78 is 5.23. The van der Waals surface area contributed by atoms with Gasteiger partial charge in [0.05, 0.1) is 12.4 Å². The van der Waals surface area contributed by atoms with Gasteiger partial charge in [-0.15, -0.1) is 11.8 Å². The number of thioether (sulfide) groups is 1. The van der Waals surface area contributed by atoms with E-state index >= 15 is 0 Å². The molecule has 4 aromatic rings. The zero-order valence-electron chi connectivity index (χ0n) is 19.1. The van der Waals surface area contributed by atoms with Gasteiger partial charge in [-0.25, -0.2) is 0 Å². The van der Waals surface area contributed by atoms with Crippen LogP contribution in [0.25, 0.3) is 10.8 Å². The average Bonchev–Trinajstić information content (AvgIpc) is 2.87. The minimum Gasteiger partial charge on any atom is -0.497 e. The molecule has 0 spiro atoms. The molecule has 4 rings (SSSR count). The van der Waals surface area contributed by atoms with Gasteiger partial charge in [0, 0.05) is 27.9 Å². The van der Waals surface area contributed by atoms with Gasteiger partial charge in [-0.2, -0.15) is 0 Å². The molecule has 0 aliphatic heterocycles. The highest BCUT2D eigenvalue weighted by Crippen LogP contribution is 2.29. The Labute approximate surface area is 203 Å². The summed E-state index contributed by atoms with van der Waals surface area (Å²) in [6.45, 7) is 1.98. The molecular weight excluding hydrogens is 444 g/mol. The zero-order valence-corrected chi connectivity index (χ0v) is 19.9. The summed E-state index contributed by atoms with van der Waals surface area (Å²) in [6, 6.07) is 28.5. The maximum absolute atomic E-state index is 12.9. The summed E-state index contributed by atoms with van der Waals surface area (Å²) in [6.07, 6.45) is 0.661. The number of amides is 2. The van der Waals surface area contributed by atoms with Crippen molar-refractivity contribution in [1.29, 1.82) is 0 Å². The van der Waals surface area contributed by atoms with Crippen molar-refractivity contribution in [2.45, 2.75) is 23.5 Å². The number of hydrogen-bond acceptors (Lipinski definition) is 4.